The van der Waals surface area contributed by atoms with Crippen LogP contribution in [0.5, 0.6) is 0 Å². The molecule has 0 saturated heterocycles. The second-order valence-corrected chi connectivity index (χ2v) is 4.89. The summed E-state index contributed by atoms with van der Waals surface area (Å²) in [5, 5.41) is 5.47. The Labute approximate surface area is 107 Å². The number of halogens is 2. The minimum atomic E-state index is 0.786. The van der Waals surface area contributed by atoms with Crippen molar-refractivity contribution in [3.8, 4) is 0 Å². The summed E-state index contributed by atoms with van der Waals surface area (Å²) in [4.78, 5) is 0. The molecule has 16 heavy (non-hydrogen) atoms. The Kier molecular flexibility index (Phi) is 2.38. The van der Waals surface area contributed by atoms with Crippen LogP contribution in [0.1, 0.15) is 0 Å². The first kappa shape index (κ1) is 10.1. The molecule has 3 aromatic rings. The van der Waals surface area contributed by atoms with Gasteiger partial charge in [0.25, 0.3) is 0 Å². The van der Waals surface area contributed by atoms with Crippen molar-refractivity contribution in [2.45, 2.75) is 0 Å². The second kappa shape index (κ2) is 3.76. The van der Waals surface area contributed by atoms with Crippen LogP contribution in [0.4, 0.5) is 0 Å². The Bertz CT molecular complexity index is 628. The van der Waals surface area contributed by atoms with E-state index in [4.69, 9.17) is 11.6 Å². The number of fused-ring (bicyclic) bond motifs is 3. The minimum Gasteiger partial charge on any atom is -0.0824 e. The Morgan fingerprint density at radius 2 is 1.12 bits per heavy atom. The van der Waals surface area contributed by atoms with Gasteiger partial charge in [-0.05, 0) is 32.1 Å². The third kappa shape index (κ3) is 1.35. The zero-order chi connectivity index (χ0) is 11.1. The number of benzene rings is 3. The van der Waals surface area contributed by atoms with Gasteiger partial charge in [0.15, 0.2) is 0 Å². The fraction of sp³-hybridized carbons (Fsp3) is 0. The van der Waals surface area contributed by atoms with E-state index in [1.54, 1.807) is 0 Å². The zero-order valence-corrected chi connectivity index (χ0v) is 10.7. The average molecular weight is 292 g/mol. The van der Waals surface area contributed by atoms with E-state index in [1.165, 1.54) is 10.8 Å². The van der Waals surface area contributed by atoms with Crippen molar-refractivity contribution in [1.29, 1.82) is 0 Å². The minimum absolute atomic E-state index is 0.786. The van der Waals surface area contributed by atoms with Crippen LogP contribution < -0.4 is 0 Å². The number of hydrogen-bond donors (Lipinski definition) is 0. The molecule has 0 aliphatic carbocycles. The lowest BCUT2D eigenvalue weighted by molar-refractivity contribution is 1.73. The standard InChI is InChI=1S/C14H8BrCl/c15-13-11-7-3-1-5-9(11)10-6-2-4-8-12(10)14(13)16/h1-8H. The molecule has 0 aliphatic rings. The Hall–Kier alpha value is -1.05. The molecule has 0 aliphatic heterocycles. The van der Waals surface area contributed by atoms with Crippen molar-refractivity contribution >= 4 is 49.1 Å². The van der Waals surface area contributed by atoms with Crippen molar-refractivity contribution in [3.63, 3.8) is 0 Å². The third-order valence-corrected chi connectivity index (χ3v) is 4.25. The molecule has 0 atom stereocenters. The van der Waals surface area contributed by atoms with E-state index < -0.39 is 0 Å². The van der Waals surface area contributed by atoms with Gasteiger partial charge in [0, 0.05) is 9.86 Å². The Balaban J connectivity index is 2.69. The van der Waals surface area contributed by atoms with E-state index in [1.807, 2.05) is 18.2 Å². The van der Waals surface area contributed by atoms with Crippen LogP contribution in [0.15, 0.2) is 53.0 Å². The maximum Gasteiger partial charge on any atom is 0.0632 e. The van der Waals surface area contributed by atoms with Crippen LogP contribution in [0.25, 0.3) is 21.5 Å². The highest BCUT2D eigenvalue weighted by molar-refractivity contribution is 9.10. The molecule has 0 aromatic heterocycles. The average Bonchev–Trinajstić information content (AvgIpc) is 2.36. The molecule has 0 N–H and O–H groups in total. The van der Waals surface area contributed by atoms with E-state index in [2.05, 4.69) is 46.3 Å². The highest BCUT2D eigenvalue weighted by Gasteiger charge is 2.09. The normalized spacial score (nSPS) is 11.1. The van der Waals surface area contributed by atoms with Crippen molar-refractivity contribution in [1.82, 2.24) is 0 Å². The molecule has 0 bridgehead atoms. The van der Waals surface area contributed by atoms with Crippen LogP contribution in [0, 0.1) is 0 Å². The van der Waals surface area contributed by atoms with Gasteiger partial charge in [-0.1, -0.05) is 60.1 Å². The summed E-state index contributed by atoms with van der Waals surface area (Å²) in [6.45, 7) is 0. The van der Waals surface area contributed by atoms with E-state index in [9.17, 15) is 0 Å². The van der Waals surface area contributed by atoms with E-state index in [0.29, 0.717) is 0 Å². The van der Waals surface area contributed by atoms with Crippen LogP contribution in [0.3, 0.4) is 0 Å². The van der Waals surface area contributed by atoms with E-state index in [0.717, 1.165) is 20.3 Å². The van der Waals surface area contributed by atoms with Gasteiger partial charge in [0.05, 0.1) is 5.02 Å². The molecule has 0 radical (unpaired) electrons. The lowest BCUT2D eigenvalue weighted by Crippen LogP contribution is -1.81. The summed E-state index contributed by atoms with van der Waals surface area (Å²) in [7, 11) is 0. The molecular formula is C14H8BrCl. The van der Waals surface area contributed by atoms with Crippen LogP contribution in [-0.2, 0) is 0 Å². The number of rotatable bonds is 0. The van der Waals surface area contributed by atoms with E-state index in [-0.39, 0.29) is 0 Å². The maximum atomic E-state index is 6.36. The molecule has 0 amide bonds. The van der Waals surface area contributed by atoms with Crippen molar-refractivity contribution in [2.75, 3.05) is 0 Å². The van der Waals surface area contributed by atoms with Crippen LogP contribution in [-0.4, -0.2) is 0 Å². The first-order chi connectivity index (χ1) is 7.79. The molecule has 3 aromatic carbocycles. The largest absolute Gasteiger partial charge is 0.0824 e. The summed E-state index contributed by atoms with van der Waals surface area (Å²) < 4.78 is 0.975. The SMILES string of the molecule is Clc1c(Br)c2ccccc2c2ccccc12. The van der Waals surface area contributed by atoms with Gasteiger partial charge in [-0.15, -0.1) is 0 Å². The third-order valence-electron chi connectivity index (χ3n) is 2.81. The van der Waals surface area contributed by atoms with Crippen molar-refractivity contribution < 1.29 is 0 Å². The molecule has 2 heteroatoms. The smallest absolute Gasteiger partial charge is 0.0632 e. The summed E-state index contributed by atoms with van der Waals surface area (Å²) in [6, 6.07) is 16.5. The fourth-order valence-electron chi connectivity index (χ4n) is 2.06. The molecule has 0 saturated carbocycles. The fourth-order valence-corrected chi connectivity index (χ4v) is 2.88. The lowest BCUT2D eigenvalue weighted by Gasteiger charge is -2.08. The topological polar surface area (TPSA) is 0 Å². The predicted octanol–water partition coefficient (Wildman–Crippen LogP) is 5.41. The molecule has 0 nitrogen and oxygen atoms in total. The molecule has 0 fully saturated rings. The van der Waals surface area contributed by atoms with Gasteiger partial charge in [-0.2, -0.15) is 0 Å². The maximum absolute atomic E-state index is 6.36. The van der Waals surface area contributed by atoms with Crippen molar-refractivity contribution in [2.24, 2.45) is 0 Å². The molecule has 78 valence electrons. The van der Waals surface area contributed by atoms with E-state index >= 15 is 0 Å². The van der Waals surface area contributed by atoms with Crippen LogP contribution >= 0.6 is 27.5 Å². The first-order valence-corrected chi connectivity index (χ1v) is 6.20. The second-order valence-electron chi connectivity index (χ2n) is 3.72. The summed E-state index contributed by atoms with van der Waals surface area (Å²) in [6.07, 6.45) is 0. The predicted molar refractivity (Wildman–Crippen MR) is 74.2 cm³/mol. The van der Waals surface area contributed by atoms with Gasteiger partial charge in [0.1, 0.15) is 0 Å². The van der Waals surface area contributed by atoms with Gasteiger partial charge >= 0.3 is 0 Å². The van der Waals surface area contributed by atoms with Crippen LogP contribution in [0.2, 0.25) is 5.02 Å². The van der Waals surface area contributed by atoms with Gasteiger partial charge < -0.3 is 0 Å². The summed E-state index contributed by atoms with van der Waals surface area (Å²) in [5.74, 6) is 0. The van der Waals surface area contributed by atoms with Crippen molar-refractivity contribution in [3.05, 3.63) is 58.0 Å². The molecule has 0 heterocycles. The number of hydrogen-bond acceptors (Lipinski definition) is 0. The van der Waals surface area contributed by atoms with Gasteiger partial charge in [-0.25, -0.2) is 0 Å². The molecule has 0 unspecified atom stereocenters. The zero-order valence-electron chi connectivity index (χ0n) is 8.37. The molecule has 3 rings (SSSR count). The monoisotopic (exact) mass is 290 g/mol. The Morgan fingerprint density at radius 1 is 0.688 bits per heavy atom. The first-order valence-electron chi connectivity index (χ1n) is 5.03. The lowest BCUT2D eigenvalue weighted by atomic mass is 10.0. The quantitative estimate of drug-likeness (QED) is 0.486. The summed E-state index contributed by atoms with van der Waals surface area (Å²) >= 11 is 9.93. The highest BCUT2D eigenvalue weighted by atomic mass is 79.9. The molecular weight excluding hydrogens is 284 g/mol. The highest BCUT2D eigenvalue weighted by Crippen LogP contribution is 2.38. The summed E-state index contributed by atoms with van der Waals surface area (Å²) in [5.41, 5.74) is 0. The Morgan fingerprint density at radius 3 is 1.75 bits per heavy atom. The van der Waals surface area contributed by atoms with Gasteiger partial charge in [-0.3, -0.25) is 0 Å². The molecule has 0 spiro atoms. The van der Waals surface area contributed by atoms with Gasteiger partial charge in [0.2, 0.25) is 0 Å².